The lowest BCUT2D eigenvalue weighted by Gasteiger charge is -2.32. The first kappa shape index (κ1) is 25.3. The van der Waals surface area contributed by atoms with Gasteiger partial charge >= 0.3 is 5.88 Å². The molecule has 5 rings (SSSR count). The highest BCUT2D eigenvalue weighted by molar-refractivity contribution is 5.83. The minimum absolute atomic E-state index is 0.0219. The predicted octanol–water partition coefficient (Wildman–Crippen LogP) is 5.03. The van der Waals surface area contributed by atoms with E-state index in [-0.39, 0.29) is 22.7 Å². The van der Waals surface area contributed by atoms with Crippen molar-refractivity contribution in [1.29, 1.82) is 0 Å². The van der Waals surface area contributed by atoms with Crippen LogP contribution in [-0.4, -0.2) is 14.8 Å². The van der Waals surface area contributed by atoms with Gasteiger partial charge in [0.15, 0.2) is 5.65 Å². The Labute approximate surface area is 217 Å². The van der Waals surface area contributed by atoms with Gasteiger partial charge in [0.05, 0.1) is 5.69 Å². The van der Waals surface area contributed by atoms with Gasteiger partial charge in [-0.05, 0) is 71.9 Å². The minimum Gasteiger partial charge on any atom is -0.604 e. The van der Waals surface area contributed by atoms with E-state index in [4.69, 9.17) is 9.15 Å². The lowest BCUT2D eigenvalue weighted by molar-refractivity contribution is -0.833. The van der Waals surface area contributed by atoms with Gasteiger partial charge < -0.3 is 14.4 Å². The first-order valence-electron chi connectivity index (χ1n) is 12.6. The molecule has 0 bridgehead atoms. The van der Waals surface area contributed by atoms with Crippen molar-refractivity contribution >= 4 is 22.7 Å². The number of fused-ring (bicyclic) bond motifs is 2. The van der Waals surface area contributed by atoms with Gasteiger partial charge in [0.1, 0.15) is 11.6 Å². The molecule has 0 radical (unpaired) electrons. The van der Waals surface area contributed by atoms with E-state index in [1.807, 2.05) is 33.9 Å². The van der Waals surface area contributed by atoms with Crippen LogP contribution in [-0.2, 0) is 17.9 Å². The summed E-state index contributed by atoms with van der Waals surface area (Å²) in [6.07, 6.45) is 0. The van der Waals surface area contributed by atoms with Crippen LogP contribution in [0.25, 0.3) is 11.0 Å². The van der Waals surface area contributed by atoms with Gasteiger partial charge in [0, 0.05) is 24.6 Å². The molecule has 3 heterocycles. The molecule has 0 spiro atoms. The Morgan fingerprint density at radius 1 is 1.03 bits per heavy atom. The summed E-state index contributed by atoms with van der Waals surface area (Å²) in [6.45, 7) is 17.5. The number of benzene rings is 1. The number of pyridine rings is 1. The molecule has 2 atom stereocenters. The second-order valence-corrected chi connectivity index (χ2v) is 11.4. The van der Waals surface area contributed by atoms with Crippen molar-refractivity contribution in [2.75, 3.05) is 5.43 Å². The van der Waals surface area contributed by atoms with E-state index in [1.165, 1.54) is 11.1 Å². The molecule has 37 heavy (non-hydrogen) atoms. The number of nitrogens with one attached hydrogen (secondary N) is 3. The number of hydrogen-bond acceptors (Lipinski definition) is 7. The number of rotatable bonds is 6. The van der Waals surface area contributed by atoms with E-state index in [0.29, 0.717) is 11.7 Å². The monoisotopic (exact) mass is 504 g/mol. The molecular formula is C28H36N6O3. The molecule has 0 fully saturated rings. The summed E-state index contributed by atoms with van der Waals surface area (Å²) >= 11 is 0. The standard InChI is InChI=1S/C28H36N6O3/c1-15-12-19-20(28(7,8)18(4)27(19,5)6)14-21(15)36-24-11-10-23(37-24)34(35)32-30-22-13-16(2)25-17(3)31-33(9)26(25)29-22/h10-14,18,32,34H,1-9H3,(H,29,30). The fraction of sp³-hybridized carbons (Fsp3) is 0.429. The first-order chi connectivity index (χ1) is 17.3. The molecule has 196 valence electrons. The number of aromatic nitrogens is 3. The van der Waals surface area contributed by atoms with Gasteiger partial charge in [-0.1, -0.05) is 46.2 Å². The topological polar surface area (TPSA) is 105 Å². The van der Waals surface area contributed by atoms with Crippen LogP contribution in [0, 0.1) is 31.9 Å². The van der Waals surface area contributed by atoms with Crippen molar-refractivity contribution in [3.63, 3.8) is 0 Å². The molecule has 9 nitrogen and oxygen atoms in total. The quantitative estimate of drug-likeness (QED) is 0.316. The first-order valence-corrected chi connectivity index (χ1v) is 12.6. The third-order valence-corrected chi connectivity index (χ3v) is 8.35. The summed E-state index contributed by atoms with van der Waals surface area (Å²) in [5.74, 6) is 2.12. The number of aryl methyl sites for hydroxylation is 4. The Balaban J connectivity index is 1.31. The second-order valence-electron chi connectivity index (χ2n) is 11.4. The van der Waals surface area contributed by atoms with Gasteiger partial charge in [-0.2, -0.15) is 5.10 Å². The Hall–Kier alpha value is -3.40. The van der Waals surface area contributed by atoms with Crippen molar-refractivity contribution in [3.05, 3.63) is 63.5 Å². The van der Waals surface area contributed by atoms with E-state index in [9.17, 15) is 5.21 Å². The van der Waals surface area contributed by atoms with E-state index >= 15 is 0 Å². The fourth-order valence-electron chi connectivity index (χ4n) is 5.74. The van der Waals surface area contributed by atoms with Crippen LogP contribution >= 0.6 is 0 Å². The van der Waals surface area contributed by atoms with E-state index < -0.39 is 5.17 Å². The Kier molecular flexibility index (Phi) is 5.86. The fourth-order valence-corrected chi connectivity index (χ4v) is 5.74. The summed E-state index contributed by atoms with van der Waals surface area (Å²) in [6, 6.07) is 9.48. The maximum absolute atomic E-state index is 12.7. The van der Waals surface area contributed by atoms with Gasteiger partial charge in [-0.25, -0.2) is 10.2 Å². The molecule has 1 aromatic carbocycles. The molecule has 0 amide bonds. The molecule has 2 unspecified atom stereocenters. The zero-order chi connectivity index (χ0) is 26.9. The van der Waals surface area contributed by atoms with Crippen LogP contribution in [0.2, 0.25) is 0 Å². The van der Waals surface area contributed by atoms with Gasteiger partial charge in [-0.15, -0.1) is 0 Å². The van der Waals surface area contributed by atoms with E-state index in [2.05, 4.69) is 67.8 Å². The Bertz CT molecular complexity index is 1500. The molecule has 1 aliphatic rings. The molecule has 0 saturated heterocycles. The summed E-state index contributed by atoms with van der Waals surface area (Å²) in [7, 11) is 1.85. The lowest BCUT2D eigenvalue weighted by atomic mass is 9.71. The molecule has 4 aromatic rings. The van der Waals surface area contributed by atoms with Gasteiger partial charge in [0.25, 0.3) is 5.95 Å². The summed E-state index contributed by atoms with van der Waals surface area (Å²) in [4.78, 5) is 4.57. The third-order valence-electron chi connectivity index (χ3n) is 8.35. The zero-order valence-corrected chi connectivity index (χ0v) is 23.0. The smallest absolute Gasteiger partial charge is 0.319 e. The van der Waals surface area contributed by atoms with Crippen molar-refractivity contribution in [3.8, 4) is 11.7 Å². The predicted molar refractivity (Wildman–Crippen MR) is 144 cm³/mol. The molecule has 9 heteroatoms. The number of quaternary nitrogens is 1. The van der Waals surface area contributed by atoms with Crippen LogP contribution in [0.5, 0.6) is 11.7 Å². The van der Waals surface area contributed by atoms with Crippen molar-refractivity contribution in [1.82, 2.24) is 20.3 Å². The summed E-state index contributed by atoms with van der Waals surface area (Å²) < 4.78 is 13.6. The largest absolute Gasteiger partial charge is 0.604 e. The zero-order valence-electron chi connectivity index (χ0n) is 23.0. The molecule has 0 saturated carbocycles. The van der Waals surface area contributed by atoms with Crippen LogP contribution in [0.15, 0.2) is 34.7 Å². The van der Waals surface area contributed by atoms with Crippen LogP contribution in [0.4, 0.5) is 11.7 Å². The SMILES string of the molecule is Cc1cc2c(cc1Oc1ccc([NH+]([O-])NNc3cc(C)c4c(C)nn(C)c4n3)o1)C(C)(C)C(C)C2(C)C. The molecule has 1 aliphatic carbocycles. The molecule has 0 aliphatic heterocycles. The van der Waals surface area contributed by atoms with E-state index in [1.54, 1.807) is 16.8 Å². The number of anilines is 1. The third kappa shape index (κ3) is 4.07. The average molecular weight is 505 g/mol. The normalized spacial score (nSPS) is 18.7. The molecule has 3 aromatic heterocycles. The number of furan rings is 1. The highest BCUT2D eigenvalue weighted by atomic mass is 16.6. The minimum atomic E-state index is -0.432. The Morgan fingerprint density at radius 3 is 2.41 bits per heavy atom. The average Bonchev–Trinajstić information content (AvgIpc) is 3.44. The highest BCUT2D eigenvalue weighted by Crippen LogP contribution is 2.55. The van der Waals surface area contributed by atoms with Gasteiger partial charge in [0.2, 0.25) is 0 Å². The van der Waals surface area contributed by atoms with Crippen LogP contribution < -0.4 is 20.9 Å². The van der Waals surface area contributed by atoms with Gasteiger partial charge in [-0.3, -0.25) is 10.1 Å². The van der Waals surface area contributed by atoms with Crippen molar-refractivity contribution < 1.29 is 14.3 Å². The van der Waals surface area contributed by atoms with Crippen LogP contribution in [0.1, 0.15) is 62.6 Å². The second kappa shape index (κ2) is 8.58. The Morgan fingerprint density at radius 2 is 1.70 bits per heavy atom. The number of hydrogen-bond donors (Lipinski definition) is 3. The molecule has 3 N–H and O–H groups in total. The molecular weight excluding hydrogens is 468 g/mol. The highest BCUT2D eigenvalue weighted by Gasteiger charge is 2.48. The number of nitrogens with zero attached hydrogens (tertiary/aromatic N) is 3. The van der Waals surface area contributed by atoms with Crippen molar-refractivity contribution in [2.45, 2.75) is 66.2 Å². The number of ether oxygens (including phenoxy) is 1. The summed E-state index contributed by atoms with van der Waals surface area (Å²) in [5.41, 5.74) is 12.0. The summed E-state index contributed by atoms with van der Waals surface area (Å²) in [5, 5.41) is 17.8. The lowest BCUT2D eigenvalue weighted by Crippen LogP contribution is -3.10. The maximum atomic E-state index is 12.7. The van der Waals surface area contributed by atoms with Crippen molar-refractivity contribution in [2.24, 2.45) is 13.0 Å². The van der Waals surface area contributed by atoms with E-state index in [0.717, 1.165) is 33.6 Å². The van der Waals surface area contributed by atoms with Crippen LogP contribution in [0.3, 0.4) is 0 Å². The number of hydrazine groups is 1. The maximum Gasteiger partial charge on any atom is 0.319 e.